The molecule has 0 radical (unpaired) electrons. The number of hydrogen-bond acceptors (Lipinski definition) is 5. The van der Waals surface area contributed by atoms with E-state index in [1.807, 2.05) is 0 Å². The molecule has 1 saturated carbocycles. The van der Waals surface area contributed by atoms with Gasteiger partial charge in [0.05, 0.1) is 12.1 Å². The number of aromatic nitrogens is 3. The number of nitrogens with two attached hydrogens (primary N) is 1. The van der Waals surface area contributed by atoms with Gasteiger partial charge in [0.25, 0.3) is 0 Å². The molecule has 0 aliphatic heterocycles. The number of amides is 1. The van der Waals surface area contributed by atoms with E-state index in [4.69, 9.17) is 10.8 Å². The van der Waals surface area contributed by atoms with E-state index in [1.165, 1.54) is 11.0 Å². The lowest BCUT2D eigenvalue weighted by Crippen LogP contribution is -2.41. The van der Waals surface area contributed by atoms with Crippen LogP contribution in [-0.4, -0.2) is 37.9 Å². The van der Waals surface area contributed by atoms with E-state index in [0.29, 0.717) is 0 Å². The van der Waals surface area contributed by atoms with Gasteiger partial charge in [-0.2, -0.15) is 0 Å². The minimum absolute atomic E-state index is 0.0156. The van der Waals surface area contributed by atoms with Gasteiger partial charge in [0.15, 0.2) is 0 Å². The molecule has 0 saturated heterocycles. The molecule has 1 aromatic heterocycles. The van der Waals surface area contributed by atoms with Crippen LogP contribution in [0.2, 0.25) is 0 Å². The summed E-state index contributed by atoms with van der Waals surface area (Å²) in [7, 11) is 0. The Morgan fingerprint density at radius 3 is 2.93 bits per heavy atom. The highest BCUT2D eigenvalue weighted by Crippen LogP contribution is 2.34. The monoisotopic (exact) mass is 211 g/mol. The number of rotatable bonds is 4. The lowest BCUT2D eigenvalue weighted by molar-refractivity contribution is -0.123. The molecular formula is C8H13N5O2. The first kappa shape index (κ1) is 9.91. The number of nitrogen functional groups attached to an aromatic ring is 1. The molecule has 7 nitrogen and oxygen atoms in total. The zero-order chi connectivity index (χ0) is 10.9. The minimum atomic E-state index is -0.386. The van der Waals surface area contributed by atoms with Gasteiger partial charge in [-0.1, -0.05) is 0 Å². The lowest BCUT2D eigenvalue weighted by atomic mass is 10.3. The van der Waals surface area contributed by atoms with Crippen LogP contribution in [0.1, 0.15) is 12.8 Å². The predicted octanol–water partition coefficient (Wildman–Crippen LogP) is -1.50. The molecule has 1 aliphatic rings. The van der Waals surface area contributed by atoms with Gasteiger partial charge < -0.3 is 16.2 Å². The van der Waals surface area contributed by atoms with Gasteiger partial charge in [-0.15, -0.1) is 5.10 Å². The Bertz CT molecular complexity index is 371. The summed E-state index contributed by atoms with van der Waals surface area (Å²) in [6, 6.07) is 0. The second kappa shape index (κ2) is 3.50. The molecular weight excluding hydrogens is 198 g/mol. The fourth-order valence-corrected chi connectivity index (χ4v) is 1.34. The quantitative estimate of drug-likeness (QED) is 0.562. The molecule has 1 aliphatic carbocycles. The normalized spacial score (nSPS) is 17.4. The van der Waals surface area contributed by atoms with Crippen molar-refractivity contribution in [1.29, 1.82) is 0 Å². The van der Waals surface area contributed by atoms with E-state index in [-0.39, 0.29) is 30.5 Å². The van der Waals surface area contributed by atoms with Crippen LogP contribution in [0.5, 0.6) is 0 Å². The maximum absolute atomic E-state index is 11.5. The first-order chi connectivity index (χ1) is 7.13. The third kappa shape index (κ3) is 2.24. The molecule has 82 valence electrons. The Morgan fingerprint density at radius 2 is 2.47 bits per heavy atom. The minimum Gasteiger partial charge on any atom is -0.394 e. The number of nitrogens with zero attached hydrogens (tertiary/aromatic N) is 3. The largest absolute Gasteiger partial charge is 0.394 e. The van der Waals surface area contributed by atoms with Gasteiger partial charge in [-0.25, -0.2) is 9.67 Å². The van der Waals surface area contributed by atoms with Gasteiger partial charge in [-0.05, 0) is 12.8 Å². The molecule has 15 heavy (non-hydrogen) atoms. The van der Waals surface area contributed by atoms with Crippen molar-refractivity contribution in [3.8, 4) is 0 Å². The zero-order valence-corrected chi connectivity index (χ0v) is 8.18. The molecule has 0 spiro atoms. The van der Waals surface area contributed by atoms with Crippen molar-refractivity contribution in [2.24, 2.45) is 0 Å². The highest BCUT2D eigenvalue weighted by molar-refractivity contribution is 5.77. The smallest absolute Gasteiger partial charge is 0.242 e. The highest BCUT2D eigenvalue weighted by Gasteiger charge is 2.43. The fourth-order valence-electron chi connectivity index (χ4n) is 1.34. The molecule has 1 aromatic rings. The van der Waals surface area contributed by atoms with Crippen LogP contribution in [0.15, 0.2) is 6.33 Å². The Labute approximate surface area is 86.3 Å². The van der Waals surface area contributed by atoms with Crippen molar-refractivity contribution in [1.82, 2.24) is 20.1 Å². The van der Waals surface area contributed by atoms with Gasteiger partial charge in [0.2, 0.25) is 11.9 Å². The van der Waals surface area contributed by atoms with Gasteiger partial charge >= 0.3 is 0 Å². The standard InChI is InChI=1S/C8H13N5O2/c9-7-10-5-13(12-7)3-6(15)11-8(4-14)1-2-8/h5,14H,1-4H2,(H2,9,12)(H,11,15). The molecule has 0 bridgehead atoms. The first-order valence-electron chi connectivity index (χ1n) is 4.70. The van der Waals surface area contributed by atoms with Crippen LogP contribution >= 0.6 is 0 Å². The molecule has 1 amide bonds. The van der Waals surface area contributed by atoms with E-state index in [9.17, 15) is 4.79 Å². The van der Waals surface area contributed by atoms with E-state index in [2.05, 4.69) is 15.4 Å². The summed E-state index contributed by atoms with van der Waals surface area (Å²) < 4.78 is 1.36. The van der Waals surface area contributed by atoms with Crippen molar-refractivity contribution in [2.45, 2.75) is 24.9 Å². The Hall–Kier alpha value is -1.63. The number of carbonyl (C=O) groups is 1. The lowest BCUT2D eigenvalue weighted by Gasteiger charge is -2.13. The first-order valence-corrected chi connectivity index (χ1v) is 4.70. The van der Waals surface area contributed by atoms with E-state index in [1.54, 1.807) is 0 Å². The maximum Gasteiger partial charge on any atom is 0.242 e. The van der Waals surface area contributed by atoms with E-state index >= 15 is 0 Å². The third-order valence-electron chi connectivity index (χ3n) is 2.42. The number of nitrogens with one attached hydrogen (secondary N) is 1. The van der Waals surface area contributed by atoms with Crippen LogP contribution in [0.4, 0.5) is 5.95 Å². The van der Waals surface area contributed by atoms with Crippen LogP contribution in [0, 0.1) is 0 Å². The molecule has 1 fully saturated rings. The molecule has 7 heteroatoms. The van der Waals surface area contributed by atoms with Crippen molar-refractivity contribution in [3.63, 3.8) is 0 Å². The van der Waals surface area contributed by atoms with Crippen molar-refractivity contribution in [3.05, 3.63) is 6.33 Å². The summed E-state index contributed by atoms with van der Waals surface area (Å²) >= 11 is 0. The van der Waals surface area contributed by atoms with Crippen LogP contribution in [0.3, 0.4) is 0 Å². The SMILES string of the molecule is Nc1ncn(CC(=O)NC2(CO)CC2)n1. The second-order valence-electron chi connectivity index (χ2n) is 3.79. The number of aliphatic hydroxyl groups excluding tert-OH is 1. The fraction of sp³-hybridized carbons (Fsp3) is 0.625. The number of aliphatic hydroxyl groups is 1. The molecule has 0 aromatic carbocycles. The highest BCUT2D eigenvalue weighted by atomic mass is 16.3. The summed E-state index contributed by atoms with van der Waals surface area (Å²) in [5, 5.41) is 15.5. The van der Waals surface area contributed by atoms with Crippen LogP contribution in [-0.2, 0) is 11.3 Å². The van der Waals surface area contributed by atoms with Crippen molar-refractivity contribution < 1.29 is 9.90 Å². The Morgan fingerprint density at radius 1 is 1.73 bits per heavy atom. The molecule has 0 unspecified atom stereocenters. The summed E-state index contributed by atoms with van der Waals surface area (Å²) in [4.78, 5) is 15.2. The topological polar surface area (TPSA) is 106 Å². The maximum atomic E-state index is 11.5. The number of anilines is 1. The Kier molecular flexibility index (Phi) is 2.31. The van der Waals surface area contributed by atoms with Gasteiger partial charge in [0, 0.05) is 0 Å². The third-order valence-corrected chi connectivity index (χ3v) is 2.42. The average molecular weight is 211 g/mol. The molecule has 1 heterocycles. The zero-order valence-electron chi connectivity index (χ0n) is 8.18. The van der Waals surface area contributed by atoms with Crippen LogP contribution in [0.25, 0.3) is 0 Å². The second-order valence-corrected chi connectivity index (χ2v) is 3.79. The van der Waals surface area contributed by atoms with E-state index in [0.717, 1.165) is 12.8 Å². The molecule has 0 atom stereocenters. The van der Waals surface area contributed by atoms with Gasteiger partial charge in [-0.3, -0.25) is 4.79 Å². The molecule has 4 N–H and O–H groups in total. The number of carbonyl (C=O) groups excluding carboxylic acids is 1. The Balaban J connectivity index is 1.87. The summed E-state index contributed by atoms with van der Waals surface area (Å²) in [6.07, 6.45) is 3.05. The summed E-state index contributed by atoms with van der Waals surface area (Å²) in [6.45, 7) is 0.0597. The van der Waals surface area contributed by atoms with Crippen molar-refractivity contribution >= 4 is 11.9 Å². The summed E-state index contributed by atoms with van der Waals surface area (Å²) in [5.74, 6) is -0.0439. The van der Waals surface area contributed by atoms with Crippen LogP contribution < -0.4 is 11.1 Å². The number of hydrogen-bond donors (Lipinski definition) is 3. The predicted molar refractivity (Wildman–Crippen MR) is 51.6 cm³/mol. The van der Waals surface area contributed by atoms with Crippen molar-refractivity contribution in [2.75, 3.05) is 12.3 Å². The van der Waals surface area contributed by atoms with E-state index < -0.39 is 0 Å². The molecule has 2 rings (SSSR count). The summed E-state index contributed by atoms with van der Waals surface area (Å²) in [5.41, 5.74) is 4.92. The van der Waals surface area contributed by atoms with Gasteiger partial charge in [0.1, 0.15) is 12.9 Å². The average Bonchev–Trinajstić information content (AvgIpc) is 2.84.